The molecule has 0 amide bonds. The highest BCUT2D eigenvalue weighted by Gasteiger charge is 2.24. The Morgan fingerprint density at radius 3 is 2.50 bits per heavy atom. The first kappa shape index (κ1) is 14.9. The van der Waals surface area contributed by atoms with Crippen molar-refractivity contribution in [1.29, 1.82) is 0 Å². The van der Waals surface area contributed by atoms with E-state index in [2.05, 4.69) is 36.1 Å². The van der Waals surface area contributed by atoms with E-state index in [1.807, 2.05) is 20.9 Å². The summed E-state index contributed by atoms with van der Waals surface area (Å²) >= 11 is 0. The first-order valence-electron chi connectivity index (χ1n) is 6.50. The second-order valence-electron chi connectivity index (χ2n) is 5.59. The lowest BCUT2D eigenvalue weighted by Gasteiger charge is -2.30. The van der Waals surface area contributed by atoms with Gasteiger partial charge in [-0.05, 0) is 26.3 Å². The van der Waals surface area contributed by atoms with Crippen LogP contribution in [-0.4, -0.2) is 29.7 Å². The fourth-order valence-electron chi connectivity index (χ4n) is 1.99. The number of rotatable bonds is 5. The lowest BCUT2D eigenvalue weighted by Crippen LogP contribution is -2.40. The second-order valence-corrected chi connectivity index (χ2v) is 5.59. The van der Waals surface area contributed by atoms with Crippen LogP contribution in [0.5, 0.6) is 5.88 Å². The smallest absolute Gasteiger partial charge is 0.219 e. The van der Waals surface area contributed by atoms with E-state index in [1.54, 1.807) is 6.33 Å². The van der Waals surface area contributed by atoms with Gasteiger partial charge in [-0.3, -0.25) is 0 Å². The molecule has 0 aliphatic carbocycles. The molecule has 18 heavy (non-hydrogen) atoms. The van der Waals surface area contributed by atoms with E-state index in [4.69, 9.17) is 4.74 Å². The van der Waals surface area contributed by atoms with Crippen molar-refractivity contribution >= 4 is 0 Å². The molecule has 0 aliphatic heterocycles. The monoisotopic (exact) mass is 251 g/mol. The van der Waals surface area contributed by atoms with Crippen LogP contribution >= 0.6 is 0 Å². The molecule has 1 aromatic heterocycles. The van der Waals surface area contributed by atoms with Crippen LogP contribution in [0.1, 0.15) is 39.0 Å². The standard InChI is InChI=1S/C14H25N3O/c1-7-18-13-10(2)11(16-9-17-13)8-12(15-6)14(3,4)5/h9,12,15H,7-8H2,1-6H3. The molecule has 0 bridgehead atoms. The first-order valence-corrected chi connectivity index (χ1v) is 6.50. The Morgan fingerprint density at radius 2 is 2.00 bits per heavy atom. The van der Waals surface area contributed by atoms with Gasteiger partial charge in [0, 0.05) is 18.0 Å². The molecule has 1 N–H and O–H groups in total. The molecule has 1 heterocycles. The van der Waals surface area contributed by atoms with Gasteiger partial charge in [0.05, 0.1) is 12.3 Å². The normalized spacial score (nSPS) is 13.4. The molecule has 1 aromatic rings. The summed E-state index contributed by atoms with van der Waals surface area (Å²) in [5.41, 5.74) is 2.30. The molecule has 0 radical (unpaired) electrons. The van der Waals surface area contributed by atoms with Crippen LogP contribution in [-0.2, 0) is 6.42 Å². The van der Waals surface area contributed by atoms with Crippen LogP contribution in [0.4, 0.5) is 0 Å². The lowest BCUT2D eigenvalue weighted by molar-refractivity contribution is 0.276. The highest BCUT2D eigenvalue weighted by Crippen LogP contribution is 2.24. The molecule has 0 spiro atoms. The summed E-state index contributed by atoms with van der Waals surface area (Å²) in [5, 5.41) is 3.37. The van der Waals surface area contributed by atoms with Gasteiger partial charge >= 0.3 is 0 Å². The minimum atomic E-state index is 0.192. The van der Waals surface area contributed by atoms with E-state index in [-0.39, 0.29) is 5.41 Å². The SMILES string of the molecule is CCOc1ncnc(CC(NC)C(C)(C)C)c1C. The van der Waals surface area contributed by atoms with Crippen molar-refractivity contribution in [3.63, 3.8) is 0 Å². The van der Waals surface area contributed by atoms with Gasteiger partial charge in [-0.1, -0.05) is 20.8 Å². The molecule has 4 heteroatoms. The summed E-state index contributed by atoms with van der Waals surface area (Å²) in [6.07, 6.45) is 2.47. The topological polar surface area (TPSA) is 47.0 Å². The predicted octanol–water partition coefficient (Wildman–Crippen LogP) is 2.36. The second kappa shape index (κ2) is 6.14. The average Bonchev–Trinajstić information content (AvgIpc) is 2.29. The van der Waals surface area contributed by atoms with Crippen molar-refractivity contribution in [2.45, 2.75) is 47.1 Å². The number of ether oxygens (including phenoxy) is 1. The quantitative estimate of drug-likeness (QED) is 0.872. The van der Waals surface area contributed by atoms with E-state index >= 15 is 0 Å². The molecular weight excluding hydrogens is 226 g/mol. The van der Waals surface area contributed by atoms with Crippen molar-refractivity contribution in [3.8, 4) is 5.88 Å². The summed E-state index contributed by atoms with van der Waals surface area (Å²) in [6, 6.07) is 0.376. The van der Waals surface area contributed by atoms with Crippen molar-refractivity contribution in [2.24, 2.45) is 5.41 Å². The minimum Gasteiger partial charge on any atom is -0.478 e. The molecule has 4 nitrogen and oxygen atoms in total. The zero-order valence-electron chi connectivity index (χ0n) is 12.4. The molecule has 1 atom stereocenters. The van der Waals surface area contributed by atoms with E-state index < -0.39 is 0 Å². The summed E-state index contributed by atoms with van der Waals surface area (Å²) in [7, 11) is 2.00. The highest BCUT2D eigenvalue weighted by atomic mass is 16.5. The van der Waals surface area contributed by atoms with Crippen LogP contribution in [0.15, 0.2) is 6.33 Å². The van der Waals surface area contributed by atoms with Gasteiger partial charge in [-0.25, -0.2) is 9.97 Å². The van der Waals surface area contributed by atoms with Gasteiger partial charge in [0.2, 0.25) is 5.88 Å². The number of hydrogen-bond acceptors (Lipinski definition) is 4. The Bertz CT molecular complexity index is 385. The summed E-state index contributed by atoms with van der Waals surface area (Å²) < 4.78 is 5.51. The first-order chi connectivity index (χ1) is 8.40. The van der Waals surface area contributed by atoms with Gasteiger partial charge < -0.3 is 10.1 Å². The average molecular weight is 251 g/mol. The number of hydrogen-bond donors (Lipinski definition) is 1. The largest absolute Gasteiger partial charge is 0.478 e. The predicted molar refractivity (Wildman–Crippen MR) is 73.9 cm³/mol. The van der Waals surface area contributed by atoms with E-state index in [0.717, 1.165) is 17.7 Å². The third-order valence-electron chi connectivity index (χ3n) is 3.21. The van der Waals surface area contributed by atoms with Gasteiger partial charge in [-0.15, -0.1) is 0 Å². The Balaban J connectivity index is 2.93. The maximum Gasteiger partial charge on any atom is 0.219 e. The van der Waals surface area contributed by atoms with Crippen LogP contribution in [0.25, 0.3) is 0 Å². The van der Waals surface area contributed by atoms with Gasteiger partial charge in [0.1, 0.15) is 6.33 Å². The van der Waals surface area contributed by atoms with Gasteiger partial charge in [-0.2, -0.15) is 0 Å². The van der Waals surface area contributed by atoms with Crippen molar-refractivity contribution < 1.29 is 4.74 Å². The summed E-state index contributed by atoms with van der Waals surface area (Å²) in [4.78, 5) is 8.56. The molecule has 1 rings (SSSR count). The van der Waals surface area contributed by atoms with Gasteiger partial charge in [0.25, 0.3) is 0 Å². The number of nitrogens with one attached hydrogen (secondary N) is 1. The molecule has 0 saturated heterocycles. The molecular formula is C14H25N3O. The Kier molecular flexibility index (Phi) is 5.08. The number of aromatic nitrogens is 2. The van der Waals surface area contributed by atoms with Crippen molar-refractivity contribution in [1.82, 2.24) is 15.3 Å². The van der Waals surface area contributed by atoms with Crippen molar-refractivity contribution in [3.05, 3.63) is 17.6 Å². The van der Waals surface area contributed by atoms with Crippen molar-refractivity contribution in [2.75, 3.05) is 13.7 Å². The van der Waals surface area contributed by atoms with Crippen LogP contribution in [0.2, 0.25) is 0 Å². The highest BCUT2D eigenvalue weighted by molar-refractivity contribution is 5.28. The number of nitrogens with zero attached hydrogens (tertiary/aromatic N) is 2. The zero-order chi connectivity index (χ0) is 13.8. The van der Waals surface area contributed by atoms with Gasteiger partial charge in [0.15, 0.2) is 0 Å². The zero-order valence-corrected chi connectivity index (χ0v) is 12.4. The summed E-state index contributed by atoms with van der Waals surface area (Å²) in [6.45, 7) is 11.3. The fraction of sp³-hybridized carbons (Fsp3) is 0.714. The third-order valence-corrected chi connectivity index (χ3v) is 3.21. The Hall–Kier alpha value is -1.16. The van der Waals surface area contributed by atoms with Crippen LogP contribution < -0.4 is 10.1 Å². The molecule has 0 fully saturated rings. The summed E-state index contributed by atoms with van der Waals surface area (Å²) in [5.74, 6) is 0.700. The molecule has 0 aliphatic rings. The lowest BCUT2D eigenvalue weighted by atomic mass is 9.83. The molecule has 0 aromatic carbocycles. The number of likely N-dealkylation sites (N-methyl/N-ethyl adjacent to an activating group) is 1. The maximum atomic E-state index is 5.51. The van der Waals surface area contributed by atoms with E-state index in [9.17, 15) is 0 Å². The molecule has 1 unspecified atom stereocenters. The third kappa shape index (κ3) is 3.67. The Labute approximate surface area is 110 Å². The molecule has 102 valence electrons. The minimum absolute atomic E-state index is 0.192. The maximum absolute atomic E-state index is 5.51. The molecule has 0 saturated carbocycles. The van der Waals surface area contributed by atoms with Crippen LogP contribution in [0, 0.1) is 12.3 Å². The van der Waals surface area contributed by atoms with E-state index in [1.165, 1.54) is 0 Å². The Morgan fingerprint density at radius 1 is 1.33 bits per heavy atom. The van der Waals surface area contributed by atoms with E-state index in [0.29, 0.717) is 18.5 Å². The van der Waals surface area contributed by atoms with Crippen LogP contribution in [0.3, 0.4) is 0 Å². The fourth-order valence-corrected chi connectivity index (χ4v) is 1.99.